The number of rotatable bonds is 4. The van der Waals surface area contributed by atoms with Crippen molar-refractivity contribution in [3.63, 3.8) is 0 Å². The van der Waals surface area contributed by atoms with Crippen LogP contribution in [0.2, 0.25) is 0 Å². The van der Waals surface area contributed by atoms with Crippen molar-refractivity contribution in [2.45, 2.75) is 51.2 Å². The lowest BCUT2D eigenvalue weighted by Gasteiger charge is -2.24. The van der Waals surface area contributed by atoms with Crippen molar-refractivity contribution in [2.24, 2.45) is 0 Å². The lowest BCUT2D eigenvalue weighted by molar-refractivity contribution is -0.130. The van der Waals surface area contributed by atoms with E-state index < -0.39 is 12.1 Å². The van der Waals surface area contributed by atoms with E-state index in [0.717, 1.165) is 36.5 Å². The fraction of sp³-hybridized carbons (Fsp3) is 0.400. The first-order valence-corrected chi connectivity index (χ1v) is 8.77. The molecule has 5 nitrogen and oxygen atoms in total. The minimum Gasteiger partial charge on any atom is -0.507 e. The number of hydrogen-bond donors (Lipinski definition) is 2. The lowest BCUT2D eigenvalue weighted by atomic mass is 9.95. The Labute approximate surface area is 147 Å². The maximum atomic E-state index is 12.4. The fourth-order valence-corrected chi connectivity index (χ4v) is 3.23. The van der Waals surface area contributed by atoms with E-state index in [2.05, 4.69) is 5.32 Å². The van der Waals surface area contributed by atoms with Gasteiger partial charge in [0.25, 0.3) is 5.91 Å². The average Bonchev–Trinajstić information content (AvgIpc) is 2.61. The number of ether oxygens (including phenoxy) is 1. The first kappa shape index (κ1) is 17.3. The summed E-state index contributed by atoms with van der Waals surface area (Å²) in [5, 5.41) is 14.7. The Kier molecular flexibility index (Phi) is 5.22. The molecular weight excluding hydrogens is 318 g/mol. The molecule has 1 aliphatic rings. The quantitative estimate of drug-likeness (QED) is 0.834. The number of aromatic hydroxyl groups is 1. The van der Waals surface area contributed by atoms with E-state index in [1.54, 1.807) is 13.0 Å². The molecule has 0 bridgehead atoms. The molecule has 1 unspecified atom stereocenters. The van der Waals surface area contributed by atoms with Gasteiger partial charge in [-0.2, -0.15) is 0 Å². The van der Waals surface area contributed by atoms with Crippen LogP contribution < -0.4 is 5.32 Å². The van der Waals surface area contributed by atoms with E-state index in [0.29, 0.717) is 0 Å². The third kappa shape index (κ3) is 4.10. The number of phenols is 1. The van der Waals surface area contributed by atoms with Crippen molar-refractivity contribution < 1.29 is 19.4 Å². The minimum absolute atomic E-state index is 0.0658. The molecule has 2 N–H and O–H groups in total. The van der Waals surface area contributed by atoms with Gasteiger partial charge in [-0.25, -0.2) is 4.79 Å². The first-order chi connectivity index (χ1) is 12.0. The van der Waals surface area contributed by atoms with E-state index in [1.807, 2.05) is 24.3 Å². The Morgan fingerprint density at radius 3 is 2.44 bits per heavy atom. The predicted octanol–water partition coefficient (Wildman–Crippen LogP) is 3.54. The van der Waals surface area contributed by atoms with Gasteiger partial charge in [-0.05, 0) is 42.7 Å². The number of fused-ring (bicyclic) bond motifs is 1. The molecule has 1 aliphatic carbocycles. The molecule has 2 aromatic rings. The van der Waals surface area contributed by atoms with Gasteiger partial charge < -0.3 is 15.2 Å². The molecule has 0 radical (unpaired) electrons. The third-order valence-corrected chi connectivity index (χ3v) is 4.69. The molecule has 3 rings (SSSR count). The van der Waals surface area contributed by atoms with E-state index in [1.165, 1.54) is 12.5 Å². The second-order valence-electron chi connectivity index (χ2n) is 6.61. The number of hydrogen-bond acceptors (Lipinski definition) is 4. The molecule has 0 saturated heterocycles. The molecule has 132 valence electrons. The number of nitrogens with one attached hydrogen (secondary N) is 1. The highest BCUT2D eigenvalue weighted by Crippen LogP contribution is 2.26. The minimum atomic E-state index is -0.903. The summed E-state index contributed by atoms with van der Waals surface area (Å²) in [7, 11) is 0. The van der Waals surface area contributed by atoms with Crippen molar-refractivity contribution in [1.29, 1.82) is 0 Å². The van der Waals surface area contributed by atoms with Crippen molar-refractivity contribution >= 4 is 22.6 Å². The second kappa shape index (κ2) is 7.55. The fourth-order valence-electron chi connectivity index (χ4n) is 3.23. The van der Waals surface area contributed by atoms with E-state index >= 15 is 0 Å². The zero-order valence-electron chi connectivity index (χ0n) is 14.3. The highest BCUT2D eigenvalue weighted by Gasteiger charge is 2.24. The van der Waals surface area contributed by atoms with Gasteiger partial charge in [0.1, 0.15) is 11.3 Å². The lowest BCUT2D eigenvalue weighted by Crippen LogP contribution is -2.42. The van der Waals surface area contributed by atoms with Gasteiger partial charge in [-0.15, -0.1) is 0 Å². The molecule has 1 atom stereocenters. The van der Waals surface area contributed by atoms with Crippen LogP contribution in [0.15, 0.2) is 36.4 Å². The molecule has 25 heavy (non-hydrogen) atoms. The van der Waals surface area contributed by atoms with Crippen molar-refractivity contribution in [1.82, 2.24) is 5.32 Å². The molecule has 2 aromatic carbocycles. The Morgan fingerprint density at radius 1 is 1.12 bits per heavy atom. The Bertz CT molecular complexity index is 780. The summed E-state index contributed by atoms with van der Waals surface area (Å²) in [5.74, 6) is -1.14. The van der Waals surface area contributed by atoms with Crippen LogP contribution >= 0.6 is 0 Å². The third-order valence-electron chi connectivity index (χ3n) is 4.69. The second-order valence-corrected chi connectivity index (χ2v) is 6.61. The SMILES string of the molecule is CC(OC(=O)c1cc2ccccc2cc1O)C(=O)NC1CCCCC1. The summed E-state index contributed by atoms with van der Waals surface area (Å²) in [5.41, 5.74) is 0.0658. The van der Waals surface area contributed by atoms with Crippen molar-refractivity contribution in [2.75, 3.05) is 0 Å². The van der Waals surface area contributed by atoms with Crippen LogP contribution in [0.1, 0.15) is 49.4 Å². The zero-order chi connectivity index (χ0) is 17.8. The van der Waals surface area contributed by atoms with Gasteiger partial charge in [0.05, 0.1) is 0 Å². The molecule has 0 aliphatic heterocycles. The summed E-state index contributed by atoms with van der Waals surface area (Å²) in [6, 6.07) is 10.7. The summed E-state index contributed by atoms with van der Waals surface area (Å²) >= 11 is 0. The Balaban J connectivity index is 1.66. The Hall–Kier alpha value is -2.56. The standard InChI is InChI=1S/C20H23NO4/c1-13(19(23)21-16-9-3-2-4-10-16)25-20(24)17-11-14-7-5-6-8-15(14)12-18(17)22/h5-8,11-13,16,22H,2-4,9-10H2,1H3,(H,21,23). The molecule has 1 amide bonds. The van der Waals surface area contributed by atoms with Crippen LogP contribution in [-0.2, 0) is 9.53 Å². The number of phenolic OH excluding ortho intramolecular Hbond substituents is 1. The zero-order valence-corrected chi connectivity index (χ0v) is 14.3. The molecule has 1 saturated carbocycles. The molecule has 0 heterocycles. The van der Waals surface area contributed by atoms with Crippen LogP contribution in [-0.4, -0.2) is 29.1 Å². The summed E-state index contributed by atoms with van der Waals surface area (Å²) in [6.07, 6.45) is 4.47. The monoisotopic (exact) mass is 341 g/mol. The molecule has 1 fully saturated rings. The predicted molar refractivity (Wildman–Crippen MR) is 95.5 cm³/mol. The average molecular weight is 341 g/mol. The largest absolute Gasteiger partial charge is 0.507 e. The Morgan fingerprint density at radius 2 is 1.76 bits per heavy atom. The number of amides is 1. The van der Waals surface area contributed by atoms with Gasteiger partial charge >= 0.3 is 5.97 Å². The van der Waals surface area contributed by atoms with Gasteiger partial charge in [-0.3, -0.25) is 4.79 Å². The van der Waals surface area contributed by atoms with Gasteiger partial charge in [0, 0.05) is 6.04 Å². The number of esters is 1. The summed E-state index contributed by atoms with van der Waals surface area (Å²) in [4.78, 5) is 24.6. The van der Waals surface area contributed by atoms with Crippen LogP contribution in [0, 0.1) is 0 Å². The van der Waals surface area contributed by atoms with Crippen molar-refractivity contribution in [3.05, 3.63) is 42.0 Å². The molecule has 0 spiro atoms. The van der Waals surface area contributed by atoms with Crippen molar-refractivity contribution in [3.8, 4) is 5.75 Å². The highest BCUT2D eigenvalue weighted by molar-refractivity contribution is 5.99. The normalized spacial score (nSPS) is 16.4. The van der Waals surface area contributed by atoms with Gasteiger partial charge in [0.2, 0.25) is 0 Å². The maximum absolute atomic E-state index is 12.4. The van der Waals surface area contributed by atoms with Gasteiger partial charge in [0.15, 0.2) is 6.10 Å². The van der Waals surface area contributed by atoms with Crippen LogP contribution in [0.4, 0.5) is 0 Å². The van der Waals surface area contributed by atoms with E-state index in [4.69, 9.17) is 4.74 Å². The first-order valence-electron chi connectivity index (χ1n) is 8.77. The van der Waals surface area contributed by atoms with Crippen LogP contribution in [0.25, 0.3) is 10.8 Å². The maximum Gasteiger partial charge on any atom is 0.342 e. The smallest absolute Gasteiger partial charge is 0.342 e. The highest BCUT2D eigenvalue weighted by atomic mass is 16.5. The number of carbonyl (C=O) groups excluding carboxylic acids is 2. The molecular formula is C20H23NO4. The topological polar surface area (TPSA) is 75.6 Å². The van der Waals surface area contributed by atoms with Crippen LogP contribution in [0.3, 0.4) is 0 Å². The number of carbonyl (C=O) groups is 2. The summed E-state index contributed by atoms with van der Waals surface area (Å²) < 4.78 is 5.26. The van der Waals surface area contributed by atoms with Gasteiger partial charge in [-0.1, -0.05) is 43.5 Å². The molecule has 0 aromatic heterocycles. The molecule has 5 heteroatoms. The van der Waals surface area contributed by atoms with Crippen LogP contribution in [0.5, 0.6) is 5.75 Å². The van der Waals surface area contributed by atoms with E-state index in [-0.39, 0.29) is 23.3 Å². The van der Waals surface area contributed by atoms with E-state index in [9.17, 15) is 14.7 Å². The number of benzene rings is 2. The summed E-state index contributed by atoms with van der Waals surface area (Å²) in [6.45, 7) is 1.55.